The number of benzene rings is 3. The third-order valence-corrected chi connectivity index (χ3v) is 6.73. The summed E-state index contributed by atoms with van der Waals surface area (Å²) in [6.45, 7) is 1.28. The maximum Gasteiger partial charge on any atom is 0.264 e. The molecule has 0 heterocycles. The van der Waals surface area contributed by atoms with Crippen LogP contribution in [0.2, 0.25) is 0 Å². The molecule has 1 N–H and O–H groups in total. The third kappa shape index (κ3) is 5.14. The molecule has 0 radical (unpaired) electrons. The first-order chi connectivity index (χ1) is 14.2. The van der Waals surface area contributed by atoms with Crippen LogP contribution in [0.1, 0.15) is 5.56 Å². The molecule has 0 bridgehead atoms. The molecule has 3 aromatic rings. The first-order valence-corrected chi connectivity index (χ1v) is 11.3. The minimum Gasteiger partial charge on any atom is -0.324 e. The fourth-order valence-electron chi connectivity index (χ4n) is 2.74. The number of hydrogen-bond acceptors (Lipinski definition) is 3. The van der Waals surface area contributed by atoms with Gasteiger partial charge in [0.05, 0.1) is 10.6 Å². The lowest BCUT2D eigenvalue weighted by Crippen LogP contribution is -2.38. The fraction of sp³-hybridized carbons (Fsp3) is 0.0952. The van der Waals surface area contributed by atoms with Crippen LogP contribution in [0.5, 0.6) is 0 Å². The van der Waals surface area contributed by atoms with E-state index in [1.165, 1.54) is 12.1 Å². The Morgan fingerprint density at radius 2 is 1.53 bits per heavy atom. The summed E-state index contributed by atoms with van der Waals surface area (Å²) in [5.74, 6) is -1.71. The van der Waals surface area contributed by atoms with Crippen molar-refractivity contribution in [2.24, 2.45) is 0 Å². The van der Waals surface area contributed by atoms with Crippen LogP contribution in [0.15, 0.2) is 71.6 Å². The van der Waals surface area contributed by atoms with Crippen LogP contribution in [-0.4, -0.2) is 20.9 Å². The van der Waals surface area contributed by atoms with E-state index in [4.69, 9.17) is 0 Å². The largest absolute Gasteiger partial charge is 0.324 e. The van der Waals surface area contributed by atoms with E-state index in [0.717, 1.165) is 49.8 Å². The van der Waals surface area contributed by atoms with Gasteiger partial charge in [0.1, 0.15) is 18.2 Å². The molecule has 0 unspecified atom stereocenters. The van der Waals surface area contributed by atoms with Crippen molar-refractivity contribution in [3.8, 4) is 0 Å². The monoisotopic (exact) mass is 542 g/mol. The molecular weight excluding hydrogens is 525 g/mol. The molecule has 0 atom stereocenters. The van der Waals surface area contributed by atoms with E-state index in [-0.39, 0.29) is 10.6 Å². The summed E-state index contributed by atoms with van der Waals surface area (Å²) in [4.78, 5) is 12.5. The van der Waals surface area contributed by atoms with Crippen molar-refractivity contribution < 1.29 is 22.0 Å². The summed E-state index contributed by atoms with van der Waals surface area (Å²) in [5.41, 5.74) is 1.49. The maximum atomic E-state index is 13.4. The van der Waals surface area contributed by atoms with Gasteiger partial charge >= 0.3 is 0 Å². The van der Waals surface area contributed by atoms with E-state index in [1.54, 1.807) is 6.07 Å². The first-order valence-electron chi connectivity index (χ1n) is 8.77. The minimum atomic E-state index is -4.21. The van der Waals surface area contributed by atoms with Gasteiger partial charge in [-0.3, -0.25) is 9.10 Å². The van der Waals surface area contributed by atoms with Crippen LogP contribution in [0.4, 0.5) is 20.2 Å². The normalized spacial score (nSPS) is 11.2. The number of rotatable bonds is 6. The number of anilines is 2. The van der Waals surface area contributed by atoms with Gasteiger partial charge in [-0.25, -0.2) is 17.2 Å². The van der Waals surface area contributed by atoms with Gasteiger partial charge in [0, 0.05) is 9.26 Å². The summed E-state index contributed by atoms with van der Waals surface area (Å²) in [7, 11) is -4.21. The second-order valence-electron chi connectivity index (χ2n) is 6.45. The van der Waals surface area contributed by atoms with E-state index in [9.17, 15) is 22.0 Å². The molecule has 3 aromatic carbocycles. The molecule has 0 aliphatic heterocycles. The second-order valence-corrected chi connectivity index (χ2v) is 9.56. The average Bonchev–Trinajstić information content (AvgIpc) is 2.69. The summed E-state index contributed by atoms with van der Waals surface area (Å²) in [6.07, 6.45) is 0. The first kappa shape index (κ1) is 22.2. The van der Waals surface area contributed by atoms with Crippen molar-refractivity contribution in [1.29, 1.82) is 0 Å². The van der Waals surface area contributed by atoms with Crippen molar-refractivity contribution in [3.63, 3.8) is 0 Å². The van der Waals surface area contributed by atoms with E-state index < -0.39 is 34.1 Å². The smallest absolute Gasteiger partial charge is 0.264 e. The molecule has 5 nitrogen and oxygen atoms in total. The molecule has 0 aliphatic rings. The molecule has 1 amide bonds. The van der Waals surface area contributed by atoms with Gasteiger partial charge in [-0.15, -0.1) is 0 Å². The van der Waals surface area contributed by atoms with Crippen LogP contribution in [0.25, 0.3) is 0 Å². The van der Waals surface area contributed by atoms with Crippen molar-refractivity contribution >= 4 is 49.9 Å². The van der Waals surface area contributed by atoms with Crippen LogP contribution >= 0.6 is 22.6 Å². The van der Waals surface area contributed by atoms with Gasteiger partial charge in [-0.05, 0) is 102 Å². The Kier molecular flexibility index (Phi) is 6.71. The highest BCUT2D eigenvalue weighted by molar-refractivity contribution is 14.1. The van der Waals surface area contributed by atoms with Gasteiger partial charge < -0.3 is 5.32 Å². The number of nitrogens with zero attached hydrogens (tertiary/aromatic N) is 1. The van der Waals surface area contributed by atoms with Gasteiger partial charge in [0.15, 0.2) is 0 Å². The predicted octanol–water partition coefficient (Wildman–Crippen LogP) is 4.71. The van der Waals surface area contributed by atoms with Gasteiger partial charge in [0.25, 0.3) is 10.0 Å². The van der Waals surface area contributed by atoms with E-state index in [2.05, 4.69) is 27.9 Å². The number of amides is 1. The predicted molar refractivity (Wildman–Crippen MR) is 120 cm³/mol. The molecule has 30 heavy (non-hydrogen) atoms. The second kappa shape index (κ2) is 9.09. The lowest BCUT2D eigenvalue weighted by molar-refractivity contribution is -0.114. The number of carbonyl (C=O) groups excluding carboxylic acids is 1. The Morgan fingerprint density at radius 3 is 2.10 bits per heavy atom. The zero-order valence-corrected chi connectivity index (χ0v) is 18.7. The van der Waals surface area contributed by atoms with E-state index in [0.29, 0.717) is 5.69 Å². The molecule has 9 heteroatoms. The number of carbonyl (C=O) groups is 1. The Bertz CT molecular complexity index is 1170. The molecule has 0 fully saturated rings. The molecule has 156 valence electrons. The maximum absolute atomic E-state index is 13.4. The Hall–Kier alpha value is -2.53. The zero-order valence-electron chi connectivity index (χ0n) is 15.8. The molecule has 0 aromatic heterocycles. The van der Waals surface area contributed by atoms with Crippen molar-refractivity contribution in [2.45, 2.75) is 11.8 Å². The summed E-state index contributed by atoms with van der Waals surface area (Å²) >= 11 is 2.15. The fourth-order valence-corrected chi connectivity index (χ4v) is 4.81. The zero-order chi connectivity index (χ0) is 21.9. The van der Waals surface area contributed by atoms with Crippen LogP contribution < -0.4 is 9.62 Å². The summed E-state index contributed by atoms with van der Waals surface area (Å²) in [6, 6.07) is 14.4. The van der Waals surface area contributed by atoms with Crippen molar-refractivity contribution in [3.05, 3.63) is 87.5 Å². The molecule has 3 rings (SSSR count). The lowest BCUT2D eigenvalue weighted by atomic mass is 10.2. The SMILES string of the molecule is Cc1cc(I)ccc1NC(=O)CN(c1ccc(F)cc1)S(=O)(=O)c1ccc(F)cc1. The van der Waals surface area contributed by atoms with Crippen molar-refractivity contribution in [2.75, 3.05) is 16.2 Å². The molecule has 0 saturated carbocycles. The molecule has 0 aliphatic carbocycles. The quantitative estimate of drug-likeness (QED) is 0.459. The Balaban J connectivity index is 1.94. The summed E-state index contributed by atoms with van der Waals surface area (Å²) < 4.78 is 54.8. The molecule has 0 saturated heterocycles. The van der Waals surface area contributed by atoms with Crippen LogP contribution in [0, 0.1) is 22.1 Å². The third-order valence-electron chi connectivity index (χ3n) is 4.27. The average molecular weight is 542 g/mol. The number of halogens is 3. The lowest BCUT2D eigenvalue weighted by Gasteiger charge is -2.24. The Labute approximate surface area is 186 Å². The Morgan fingerprint density at radius 1 is 0.967 bits per heavy atom. The highest BCUT2D eigenvalue weighted by atomic mass is 127. The summed E-state index contributed by atoms with van der Waals surface area (Å²) in [5, 5.41) is 2.70. The van der Waals surface area contributed by atoms with Gasteiger partial charge in [-0.1, -0.05) is 0 Å². The number of nitrogens with one attached hydrogen (secondary N) is 1. The highest BCUT2D eigenvalue weighted by Gasteiger charge is 2.27. The number of aryl methyl sites for hydroxylation is 1. The van der Waals surface area contributed by atoms with Gasteiger partial charge in [0.2, 0.25) is 5.91 Å². The topological polar surface area (TPSA) is 66.5 Å². The number of hydrogen-bond donors (Lipinski definition) is 1. The number of sulfonamides is 1. The van der Waals surface area contributed by atoms with Gasteiger partial charge in [-0.2, -0.15) is 0 Å². The van der Waals surface area contributed by atoms with Crippen LogP contribution in [0.3, 0.4) is 0 Å². The standard InChI is InChI=1S/C21H17F2IN2O3S/c1-14-12-17(24)6-11-20(14)25-21(27)13-26(18-7-2-15(22)3-8-18)30(28,29)19-9-4-16(23)5-10-19/h2-12H,13H2,1H3,(H,25,27). The highest BCUT2D eigenvalue weighted by Crippen LogP contribution is 2.25. The van der Waals surface area contributed by atoms with E-state index >= 15 is 0 Å². The van der Waals surface area contributed by atoms with Crippen molar-refractivity contribution in [1.82, 2.24) is 0 Å². The molecule has 0 spiro atoms. The van der Waals surface area contributed by atoms with E-state index in [1.807, 2.05) is 19.1 Å². The molecular formula is C21H17F2IN2O3S. The minimum absolute atomic E-state index is 0.107. The van der Waals surface area contributed by atoms with Crippen LogP contribution in [-0.2, 0) is 14.8 Å².